The van der Waals surface area contributed by atoms with Crippen LogP contribution in [0.4, 0.5) is 0 Å². The molecule has 0 N–H and O–H groups in total. The number of carbonyl (C=O) groups excluding carboxylic acids is 1. The van der Waals surface area contributed by atoms with Crippen LogP contribution in [0.15, 0.2) is 0 Å². The molecule has 0 saturated carbocycles. The van der Waals surface area contributed by atoms with E-state index in [0.717, 1.165) is 32.1 Å². The van der Waals surface area contributed by atoms with Crippen molar-refractivity contribution >= 4 is 16.2 Å². The Hall–Kier alpha value is 0.540. The fraction of sp³-hybridized carbons (Fsp3) is 0.947. The number of rotatable bonds is 18. The van der Waals surface area contributed by atoms with Gasteiger partial charge < -0.3 is 4.55 Å². The van der Waals surface area contributed by atoms with Crippen molar-refractivity contribution in [3.63, 3.8) is 0 Å². The van der Waals surface area contributed by atoms with E-state index in [-0.39, 0.29) is 42.1 Å². The van der Waals surface area contributed by atoms with Crippen molar-refractivity contribution in [2.75, 3.05) is 6.61 Å². The van der Waals surface area contributed by atoms with Crippen LogP contribution in [0.1, 0.15) is 104 Å². The molecule has 0 aliphatic carbocycles. The molecule has 0 fully saturated rings. The fourth-order valence-electron chi connectivity index (χ4n) is 2.80. The second-order valence-electron chi connectivity index (χ2n) is 7.20. The average molecular weight is 401 g/mol. The topological polar surface area (TPSA) is 83.5 Å². The van der Waals surface area contributed by atoms with Gasteiger partial charge in [-0.25, -0.2) is 8.42 Å². The molecule has 26 heavy (non-hydrogen) atoms. The standard InChI is InChI=1S/C19H38O5S.Na/c1-18(2)19(20)16-14-12-10-8-6-4-3-5-7-9-11-13-15-17-24-25(21,22)23;/h18H,3-17H2,1-2H3,(H,21,22,23);/q;+1/p-1. The maximum absolute atomic E-state index is 11.5. The molecule has 0 aromatic rings. The van der Waals surface area contributed by atoms with Crippen molar-refractivity contribution in [3.05, 3.63) is 0 Å². The Morgan fingerprint density at radius 3 is 1.46 bits per heavy atom. The maximum atomic E-state index is 11.5. The van der Waals surface area contributed by atoms with Crippen LogP contribution in [0, 0.1) is 5.92 Å². The molecular weight excluding hydrogens is 363 g/mol. The second kappa shape index (κ2) is 18.9. The summed E-state index contributed by atoms with van der Waals surface area (Å²) in [6, 6.07) is 0. The van der Waals surface area contributed by atoms with Gasteiger partial charge in [-0.2, -0.15) is 0 Å². The molecule has 0 rings (SSSR count). The molecule has 0 spiro atoms. The summed E-state index contributed by atoms with van der Waals surface area (Å²) in [5.74, 6) is 0.574. The number of carbonyl (C=O) groups is 1. The normalized spacial score (nSPS) is 11.5. The van der Waals surface area contributed by atoms with E-state index < -0.39 is 10.4 Å². The first-order valence-electron chi connectivity index (χ1n) is 9.96. The zero-order chi connectivity index (χ0) is 19.0. The predicted octanol–water partition coefficient (Wildman–Crippen LogP) is 2.15. The minimum absolute atomic E-state index is 0. The van der Waals surface area contributed by atoms with E-state index in [0.29, 0.717) is 12.2 Å². The van der Waals surface area contributed by atoms with Crippen molar-refractivity contribution in [3.8, 4) is 0 Å². The van der Waals surface area contributed by atoms with Gasteiger partial charge in [0.2, 0.25) is 10.4 Å². The minimum atomic E-state index is -4.51. The number of Topliss-reactive ketones (excluding diaryl/α,β-unsaturated/α-hetero) is 1. The first-order valence-corrected chi connectivity index (χ1v) is 11.3. The van der Waals surface area contributed by atoms with Gasteiger partial charge in [-0.1, -0.05) is 84.5 Å². The van der Waals surface area contributed by atoms with Crippen molar-refractivity contribution in [2.45, 2.75) is 104 Å². The average Bonchev–Trinajstić information content (AvgIpc) is 2.53. The Balaban J connectivity index is 0. The first kappa shape index (κ1) is 28.7. The summed E-state index contributed by atoms with van der Waals surface area (Å²) in [4.78, 5) is 11.5. The molecule has 0 atom stereocenters. The molecule has 0 aliphatic rings. The van der Waals surface area contributed by atoms with Gasteiger partial charge in [0.1, 0.15) is 5.78 Å². The van der Waals surface area contributed by atoms with Gasteiger partial charge in [-0.3, -0.25) is 8.98 Å². The molecule has 0 unspecified atom stereocenters. The van der Waals surface area contributed by atoms with Gasteiger partial charge >= 0.3 is 29.6 Å². The summed E-state index contributed by atoms with van der Waals surface area (Å²) in [6.07, 6.45) is 15.6. The molecule has 0 bridgehead atoms. The van der Waals surface area contributed by atoms with Crippen molar-refractivity contribution < 1.29 is 51.5 Å². The molecular formula is C19H37NaO5S. The van der Waals surface area contributed by atoms with Crippen LogP contribution in [-0.2, 0) is 19.4 Å². The van der Waals surface area contributed by atoms with E-state index in [1.54, 1.807) is 0 Å². The van der Waals surface area contributed by atoms with Crippen LogP contribution in [0.3, 0.4) is 0 Å². The van der Waals surface area contributed by atoms with Crippen LogP contribution in [0.2, 0.25) is 0 Å². The Morgan fingerprint density at radius 2 is 1.12 bits per heavy atom. The molecule has 0 saturated heterocycles. The quantitative estimate of drug-likeness (QED) is 0.152. The summed E-state index contributed by atoms with van der Waals surface area (Å²) in [5, 5.41) is 0. The number of ketones is 1. The minimum Gasteiger partial charge on any atom is -0.726 e. The SMILES string of the molecule is CC(C)C(=O)CCCCCCCCCCCCCCCOS(=O)(=O)[O-].[Na+]. The van der Waals surface area contributed by atoms with Crippen molar-refractivity contribution in [2.24, 2.45) is 5.92 Å². The van der Waals surface area contributed by atoms with E-state index in [4.69, 9.17) is 0 Å². The third kappa shape index (κ3) is 22.6. The van der Waals surface area contributed by atoms with Gasteiger partial charge in [0.15, 0.2) is 0 Å². The van der Waals surface area contributed by atoms with E-state index >= 15 is 0 Å². The van der Waals surface area contributed by atoms with Gasteiger partial charge in [-0.15, -0.1) is 0 Å². The monoisotopic (exact) mass is 400 g/mol. The van der Waals surface area contributed by atoms with Crippen molar-refractivity contribution in [1.29, 1.82) is 0 Å². The van der Waals surface area contributed by atoms with Crippen LogP contribution >= 0.6 is 0 Å². The Labute approximate surface area is 183 Å². The Morgan fingerprint density at radius 1 is 0.769 bits per heavy atom. The third-order valence-electron chi connectivity index (χ3n) is 4.44. The molecule has 150 valence electrons. The number of hydrogen-bond donors (Lipinski definition) is 0. The summed E-state index contributed by atoms with van der Waals surface area (Å²) < 4.78 is 34.8. The third-order valence-corrected chi connectivity index (χ3v) is 4.89. The molecule has 0 aromatic carbocycles. The largest absolute Gasteiger partial charge is 1.00 e. The van der Waals surface area contributed by atoms with Gasteiger partial charge in [0.05, 0.1) is 6.61 Å². The summed E-state index contributed by atoms with van der Waals surface area (Å²) >= 11 is 0. The maximum Gasteiger partial charge on any atom is 1.00 e. The van der Waals surface area contributed by atoms with Crippen LogP contribution in [0.5, 0.6) is 0 Å². The van der Waals surface area contributed by atoms with Crippen LogP contribution in [0.25, 0.3) is 0 Å². The summed E-state index contributed by atoms with van der Waals surface area (Å²) in [5.41, 5.74) is 0. The first-order chi connectivity index (χ1) is 11.8. The smallest absolute Gasteiger partial charge is 0.726 e. The van der Waals surface area contributed by atoms with E-state index in [1.807, 2.05) is 13.8 Å². The van der Waals surface area contributed by atoms with Crippen molar-refractivity contribution in [1.82, 2.24) is 0 Å². The zero-order valence-electron chi connectivity index (χ0n) is 17.1. The van der Waals surface area contributed by atoms with Gasteiger partial charge in [0, 0.05) is 12.3 Å². The van der Waals surface area contributed by atoms with E-state index in [9.17, 15) is 17.8 Å². The molecule has 7 heteroatoms. The Bertz CT molecular complexity index is 424. The van der Waals surface area contributed by atoms with Gasteiger partial charge in [0.25, 0.3) is 0 Å². The molecule has 0 heterocycles. The summed E-state index contributed by atoms with van der Waals surface area (Å²) in [6.45, 7) is 3.95. The Kier molecular flexibility index (Phi) is 20.9. The van der Waals surface area contributed by atoms with E-state index in [2.05, 4.69) is 4.18 Å². The van der Waals surface area contributed by atoms with Crippen LogP contribution < -0.4 is 29.6 Å². The summed E-state index contributed by atoms with van der Waals surface area (Å²) in [7, 11) is -4.51. The predicted molar refractivity (Wildman–Crippen MR) is 100 cm³/mol. The number of hydrogen-bond acceptors (Lipinski definition) is 5. The molecule has 0 aromatic heterocycles. The van der Waals surface area contributed by atoms with E-state index in [1.165, 1.54) is 51.4 Å². The second-order valence-corrected chi connectivity index (χ2v) is 8.25. The zero-order valence-corrected chi connectivity index (χ0v) is 19.9. The molecule has 0 radical (unpaired) electrons. The molecule has 0 amide bonds. The molecule has 0 aliphatic heterocycles. The molecule has 5 nitrogen and oxygen atoms in total. The van der Waals surface area contributed by atoms with Crippen LogP contribution in [-0.4, -0.2) is 25.4 Å². The van der Waals surface area contributed by atoms with Gasteiger partial charge in [-0.05, 0) is 12.8 Å². The number of unbranched alkanes of at least 4 members (excludes halogenated alkanes) is 12. The fourth-order valence-corrected chi connectivity index (χ4v) is 3.12.